The smallest absolute Gasteiger partial charge is 0.269 e. The maximum atomic E-state index is 11.1. The van der Waals surface area contributed by atoms with Crippen LogP contribution < -0.4 is 10.6 Å². The van der Waals surface area contributed by atoms with Gasteiger partial charge in [0.2, 0.25) is 5.89 Å². The summed E-state index contributed by atoms with van der Waals surface area (Å²) in [6.45, 7) is 4.86. The first-order chi connectivity index (χ1) is 10.6. The molecule has 0 spiro atoms. The van der Waals surface area contributed by atoms with Gasteiger partial charge in [0.25, 0.3) is 5.91 Å². The van der Waals surface area contributed by atoms with E-state index in [1.807, 2.05) is 13.8 Å². The number of amides is 1. The molecule has 3 rings (SSSR count). The zero-order valence-electron chi connectivity index (χ0n) is 12.6. The highest BCUT2D eigenvalue weighted by Crippen LogP contribution is 2.33. The molecule has 2 N–H and O–H groups in total. The summed E-state index contributed by atoms with van der Waals surface area (Å²) < 4.78 is 5.29. The number of anilines is 1. The lowest BCUT2D eigenvalue weighted by Crippen LogP contribution is -2.25. The van der Waals surface area contributed by atoms with Crippen LogP contribution in [0.3, 0.4) is 0 Å². The summed E-state index contributed by atoms with van der Waals surface area (Å²) in [5, 5.41) is 12.0. The van der Waals surface area contributed by atoms with Crippen molar-refractivity contribution in [3.63, 3.8) is 0 Å². The van der Waals surface area contributed by atoms with Crippen molar-refractivity contribution < 1.29 is 9.32 Å². The Kier molecular flexibility index (Phi) is 3.74. The molecule has 0 saturated carbocycles. The number of nitrogens with zero attached hydrogens (tertiary/aromatic N) is 5. The van der Waals surface area contributed by atoms with Crippen LogP contribution in [0.2, 0.25) is 0 Å². The highest BCUT2D eigenvalue weighted by molar-refractivity contribution is 5.90. The van der Waals surface area contributed by atoms with E-state index >= 15 is 0 Å². The van der Waals surface area contributed by atoms with Crippen LogP contribution in [0.5, 0.6) is 0 Å². The van der Waals surface area contributed by atoms with Gasteiger partial charge in [-0.25, -0.2) is 0 Å². The second-order valence-corrected chi connectivity index (χ2v) is 5.64. The summed E-state index contributed by atoms with van der Waals surface area (Å²) in [5.74, 6) is 1.60. The van der Waals surface area contributed by atoms with Crippen molar-refractivity contribution in [2.24, 2.45) is 5.73 Å². The minimum absolute atomic E-state index is 0.0185. The monoisotopic (exact) mass is 302 g/mol. The van der Waals surface area contributed by atoms with Crippen molar-refractivity contribution in [2.45, 2.75) is 38.6 Å². The average molecular weight is 302 g/mol. The molecule has 8 nitrogen and oxygen atoms in total. The zero-order valence-corrected chi connectivity index (χ0v) is 12.6. The van der Waals surface area contributed by atoms with Crippen molar-refractivity contribution in [1.82, 2.24) is 20.3 Å². The van der Waals surface area contributed by atoms with E-state index in [4.69, 9.17) is 10.3 Å². The van der Waals surface area contributed by atoms with Gasteiger partial charge in [-0.05, 0) is 25.0 Å². The van der Waals surface area contributed by atoms with Crippen molar-refractivity contribution >= 4 is 11.7 Å². The fraction of sp³-hybridized carbons (Fsp3) is 0.500. The standard InChI is InChI=1S/C14H18N6O2/c1-8(2)14-16-13(19-22-14)10-4-3-7-20(10)11-6-5-9(12(15)21)17-18-11/h5-6,8,10H,3-4,7H2,1-2H3,(H2,15,21). The molecule has 0 bridgehead atoms. The first-order valence-corrected chi connectivity index (χ1v) is 7.30. The second kappa shape index (κ2) is 5.70. The van der Waals surface area contributed by atoms with Crippen LogP contribution in [0.25, 0.3) is 0 Å². The average Bonchev–Trinajstić information content (AvgIpc) is 3.16. The molecule has 0 radical (unpaired) electrons. The quantitative estimate of drug-likeness (QED) is 0.909. The normalized spacial score (nSPS) is 18.1. The summed E-state index contributed by atoms with van der Waals surface area (Å²) >= 11 is 0. The molecule has 3 heterocycles. The van der Waals surface area contributed by atoms with E-state index in [1.54, 1.807) is 12.1 Å². The van der Waals surface area contributed by atoms with Gasteiger partial charge >= 0.3 is 0 Å². The van der Waals surface area contributed by atoms with Crippen LogP contribution in [0, 0.1) is 0 Å². The molecule has 116 valence electrons. The fourth-order valence-electron chi connectivity index (χ4n) is 2.54. The molecular formula is C14H18N6O2. The highest BCUT2D eigenvalue weighted by atomic mass is 16.5. The Morgan fingerprint density at radius 1 is 1.41 bits per heavy atom. The van der Waals surface area contributed by atoms with E-state index in [0.717, 1.165) is 19.4 Å². The van der Waals surface area contributed by atoms with Crippen LogP contribution in [0.4, 0.5) is 5.82 Å². The van der Waals surface area contributed by atoms with Crippen molar-refractivity contribution in [3.05, 3.63) is 29.5 Å². The maximum absolute atomic E-state index is 11.1. The topological polar surface area (TPSA) is 111 Å². The van der Waals surface area contributed by atoms with Gasteiger partial charge in [-0.3, -0.25) is 4.79 Å². The number of nitrogens with two attached hydrogens (primary N) is 1. The lowest BCUT2D eigenvalue weighted by Gasteiger charge is -2.22. The highest BCUT2D eigenvalue weighted by Gasteiger charge is 2.31. The molecule has 1 fully saturated rings. The minimum Gasteiger partial charge on any atom is -0.364 e. The van der Waals surface area contributed by atoms with Gasteiger partial charge in [0, 0.05) is 12.5 Å². The molecule has 1 aliphatic heterocycles. The molecular weight excluding hydrogens is 284 g/mol. The number of carbonyl (C=O) groups is 1. The summed E-state index contributed by atoms with van der Waals surface area (Å²) in [7, 11) is 0. The second-order valence-electron chi connectivity index (χ2n) is 5.64. The van der Waals surface area contributed by atoms with Crippen molar-refractivity contribution in [3.8, 4) is 0 Å². The van der Waals surface area contributed by atoms with Crippen LogP contribution in [-0.2, 0) is 0 Å². The molecule has 0 aromatic carbocycles. The molecule has 8 heteroatoms. The van der Waals surface area contributed by atoms with E-state index in [2.05, 4.69) is 25.2 Å². The summed E-state index contributed by atoms with van der Waals surface area (Å²) in [4.78, 5) is 17.6. The van der Waals surface area contributed by atoms with E-state index in [9.17, 15) is 4.79 Å². The molecule has 1 saturated heterocycles. The predicted octanol–water partition coefficient (Wildman–Crippen LogP) is 1.42. The molecule has 0 aliphatic carbocycles. The predicted molar refractivity (Wildman–Crippen MR) is 78.3 cm³/mol. The van der Waals surface area contributed by atoms with Gasteiger partial charge in [-0.1, -0.05) is 19.0 Å². The Morgan fingerprint density at radius 3 is 2.82 bits per heavy atom. The summed E-state index contributed by atoms with van der Waals surface area (Å²) in [6, 6.07) is 3.34. The van der Waals surface area contributed by atoms with Gasteiger partial charge in [0.15, 0.2) is 17.3 Å². The minimum atomic E-state index is -0.586. The Morgan fingerprint density at radius 2 is 2.23 bits per heavy atom. The summed E-state index contributed by atoms with van der Waals surface area (Å²) in [5.41, 5.74) is 5.33. The molecule has 1 aliphatic rings. The molecule has 1 amide bonds. The van der Waals surface area contributed by atoms with Crippen molar-refractivity contribution in [2.75, 3.05) is 11.4 Å². The van der Waals surface area contributed by atoms with Gasteiger partial charge in [0.1, 0.15) is 0 Å². The van der Waals surface area contributed by atoms with E-state index in [1.165, 1.54) is 0 Å². The lowest BCUT2D eigenvalue weighted by atomic mass is 10.2. The summed E-state index contributed by atoms with van der Waals surface area (Å²) in [6.07, 6.45) is 1.94. The van der Waals surface area contributed by atoms with Gasteiger partial charge in [0.05, 0.1) is 6.04 Å². The van der Waals surface area contributed by atoms with E-state index in [0.29, 0.717) is 17.5 Å². The molecule has 1 unspecified atom stereocenters. The number of aromatic nitrogens is 4. The van der Waals surface area contributed by atoms with Crippen LogP contribution in [0.15, 0.2) is 16.7 Å². The van der Waals surface area contributed by atoms with Gasteiger partial charge < -0.3 is 15.2 Å². The molecule has 22 heavy (non-hydrogen) atoms. The lowest BCUT2D eigenvalue weighted by molar-refractivity contribution is 0.0994. The van der Waals surface area contributed by atoms with Gasteiger partial charge in [-0.2, -0.15) is 4.98 Å². The number of hydrogen-bond acceptors (Lipinski definition) is 7. The Labute approximate surface area is 127 Å². The Balaban J connectivity index is 1.84. The van der Waals surface area contributed by atoms with E-state index in [-0.39, 0.29) is 17.7 Å². The third kappa shape index (κ3) is 2.63. The van der Waals surface area contributed by atoms with Crippen LogP contribution >= 0.6 is 0 Å². The van der Waals surface area contributed by atoms with Crippen molar-refractivity contribution in [1.29, 1.82) is 0 Å². The number of carbonyl (C=O) groups excluding carboxylic acids is 1. The number of hydrogen-bond donors (Lipinski definition) is 1. The molecule has 2 aromatic heterocycles. The third-order valence-electron chi connectivity index (χ3n) is 3.70. The first-order valence-electron chi connectivity index (χ1n) is 7.30. The Bertz CT molecular complexity index is 666. The zero-order chi connectivity index (χ0) is 15.7. The fourth-order valence-corrected chi connectivity index (χ4v) is 2.54. The Hall–Kier alpha value is -2.51. The SMILES string of the molecule is CC(C)c1nc(C2CCCN2c2ccc(C(N)=O)nn2)no1. The third-order valence-corrected chi connectivity index (χ3v) is 3.70. The van der Waals surface area contributed by atoms with Gasteiger partial charge in [-0.15, -0.1) is 10.2 Å². The molecule has 2 aromatic rings. The number of primary amides is 1. The van der Waals surface area contributed by atoms with Crippen LogP contribution in [0.1, 0.15) is 60.9 Å². The molecule has 1 atom stereocenters. The first kappa shape index (κ1) is 14.4. The maximum Gasteiger partial charge on any atom is 0.269 e. The number of rotatable bonds is 4. The van der Waals surface area contributed by atoms with Crippen LogP contribution in [-0.4, -0.2) is 32.8 Å². The largest absolute Gasteiger partial charge is 0.364 e. The van der Waals surface area contributed by atoms with E-state index < -0.39 is 5.91 Å².